The predicted molar refractivity (Wildman–Crippen MR) is 435 cm³/mol. The lowest BCUT2D eigenvalue weighted by Crippen LogP contribution is -2.30. The van der Waals surface area contributed by atoms with Crippen LogP contribution in [0.1, 0.15) is 316 Å². The van der Waals surface area contributed by atoms with E-state index in [-0.39, 0.29) is 19.3 Å². The second kappa shape index (κ2) is 78.7. The minimum atomic E-state index is -4.96. The summed E-state index contributed by atoms with van der Waals surface area (Å²) in [4.78, 5) is 58.7. The second-order valence-corrected chi connectivity index (χ2v) is 29.7. The van der Waals surface area contributed by atoms with E-state index in [4.69, 9.17) is 32.3 Å². The first-order valence-electron chi connectivity index (χ1n) is 40.8. The number of aliphatic hydroxyl groups is 2. The third-order valence-electron chi connectivity index (χ3n) is 16.7. The van der Waals surface area contributed by atoms with Crippen molar-refractivity contribution in [3.63, 3.8) is 0 Å². The van der Waals surface area contributed by atoms with E-state index in [1.54, 1.807) is 0 Å². The summed E-state index contributed by atoms with van der Waals surface area (Å²) in [6.45, 7) is 2.44. The van der Waals surface area contributed by atoms with Gasteiger partial charge in [-0.3, -0.25) is 32.5 Å². The van der Waals surface area contributed by atoms with Gasteiger partial charge in [0.05, 0.1) is 26.4 Å². The molecule has 0 rings (SSSR count). The first-order chi connectivity index (χ1) is 51.2. The third-order valence-corrected chi connectivity index (χ3v) is 18.6. The van der Waals surface area contributed by atoms with Crippen LogP contribution in [0.3, 0.4) is 0 Å². The molecule has 5 atom stereocenters. The Balaban J connectivity index is 4.65. The molecular weight excluding hydrogens is 1360 g/mol. The van der Waals surface area contributed by atoms with Crippen LogP contribution in [-0.2, 0) is 55.8 Å². The van der Waals surface area contributed by atoms with Crippen LogP contribution in [0.2, 0.25) is 0 Å². The largest absolute Gasteiger partial charge is 0.472 e. The molecule has 105 heavy (non-hydrogen) atoms. The molecule has 0 saturated heterocycles. The van der Waals surface area contributed by atoms with Crippen molar-refractivity contribution >= 4 is 33.6 Å². The van der Waals surface area contributed by atoms with Crippen molar-refractivity contribution in [2.75, 3.05) is 39.6 Å². The number of unbranched alkanes of at least 4 members (excludes halogenated alkanes) is 27. The quantitative estimate of drug-likeness (QED) is 0.0146. The number of carbonyl (C=O) groups is 3. The molecule has 600 valence electrons. The van der Waals surface area contributed by atoms with Crippen molar-refractivity contribution in [2.45, 2.75) is 334 Å². The molecule has 0 fully saturated rings. The number of ether oxygens (including phenoxy) is 3. The Labute approximate surface area is 638 Å². The van der Waals surface area contributed by atoms with Crippen molar-refractivity contribution in [2.24, 2.45) is 0 Å². The van der Waals surface area contributed by atoms with Gasteiger partial charge in [0.2, 0.25) is 0 Å². The highest BCUT2D eigenvalue weighted by Crippen LogP contribution is 2.45. The lowest BCUT2D eigenvalue weighted by Gasteiger charge is -2.21. The first kappa shape index (κ1) is 100. The van der Waals surface area contributed by atoms with E-state index in [2.05, 4.69) is 167 Å². The molecule has 0 aromatic heterocycles. The lowest BCUT2D eigenvalue weighted by atomic mass is 10.0. The van der Waals surface area contributed by atoms with E-state index in [0.717, 1.165) is 128 Å². The molecule has 0 amide bonds. The van der Waals surface area contributed by atoms with E-state index in [1.807, 2.05) is 12.2 Å². The molecule has 18 heteroatoms. The second-order valence-electron chi connectivity index (χ2n) is 26.8. The summed E-state index contributed by atoms with van der Waals surface area (Å²) in [7, 11) is -9.82. The van der Waals surface area contributed by atoms with Crippen LogP contribution in [0, 0.1) is 0 Å². The zero-order valence-corrected chi connectivity index (χ0v) is 67.4. The maximum atomic E-state index is 13.0. The van der Waals surface area contributed by atoms with Crippen molar-refractivity contribution in [1.29, 1.82) is 0 Å². The lowest BCUT2D eigenvalue weighted by molar-refractivity contribution is -0.161. The van der Waals surface area contributed by atoms with Gasteiger partial charge < -0.3 is 34.2 Å². The maximum absolute atomic E-state index is 13.0. The van der Waals surface area contributed by atoms with Gasteiger partial charge in [-0.25, -0.2) is 9.13 Å². The van der Waals surface area contributed by atoms with Gasteiger partial charge in [-0.15, -0.1) is 0 Å². The van der Waals surface area contributed by atoms with Gasteiger partial charge in [0.25, 0.3) is 0 Å². The number of carbonyl (C=O) groups excluding carboxylic acids is 3. The summed E-state index contributed by atoms with van der Waals surface area (Å²) in [6.07, 6.45) is 98.6. The van der Waals surface area contributed by atoms with Crippen LogP contribution in [0.25, 0.3) is 0 Å². The number of hydrogen-bond donors (Lipinski definition) is 4. The molecule has 0 bridgehead atoms. The van der Waals surface area contributed by atoms with Gasteiger partial charge in [-0.1, -0.05) is 307 Å². The summed E-state index contributed by atoms with van der Waals surface area (Å²) in [5.41, 5.74) is 0. The summed E-state index contributed by atoms with van der Waals surface area (Å²) < 4.78 is 61.1. The topological polar surface area (TPSA) is 231 Å². The van der Waals surface area contributed by atoms with Gasteiger partial charge in [0, 0.05) is 19.3 Å². The standard InChI is InChI=1S/C87H146O16P2/c1-4-7-10-13-16-19-22-25-28-31-33-35-37-39-40-42-44-45-47-50-52-55-58-61-64-67-70-73-85(90)97-76-82(88)77-99-104(93,94)100-78-83(89)79-101-105(95,96)102-81-84(103-87(92)75-72-69-66-63-60-57-54-49-30-27-24-21-18-15-12-9-6-3)80-98-86(91)74-71-68-65-62-59-56-53-51-48-46-43-41-38-36-34-32-29-26-23-20-17-14-11-8-5-2/h9,12,16-21,25-30,33-36,39-41,43,54,57,63,66,82-84,88-89H,4-8,10-11,13-15,22-24,31-32,37-38,42,44-53,55-56,58-62,64-65,67-81H2,1-3H3,(H,93,94)(H,95,96)/b12-9-,19-16-,20-17-,21-18-,28-25-,29-26-,30-27-,35-33-,36-34-,40-39-,43-41-,57-54-,66-63-. The van der Waals surface area contributed by atoms with Gasteiger partial charge in [0.1, 0.15) is 25.4 Å². The number of aliphatic hydroxyl groups excluding tert-OH is 2. The average molecular weight is 1510 g/mol. The Hall–Kier alpha value is -4.83. The zero-order chi connectivity index (χ0) is 76.6. The highest BCUT2D eigenvalue weighted by molar-refractivity contribution is 7.47. The maximum Gasteiger partial charge on any atom is 0.472 e. The Morgan fingerprint density at radius 3 is 0.829 bits per heavy atom. The summed E-state index contributed by atoms with van der Waals surface area (Å²) >= 11 is 0. The van der Waals surface area contributed by atoms with Gasteiger partial charge in [0.15, 0.2) is 6.10 Å². The number of rotatable bonds is 76. The smallest absolute Gasteiger partial charge is 0.463 e. The van der Waals surface area contributed by atoms with E-state index in [0.29, 0.717) is 25.7 Å². The molecule has 0 spiro atoms. The number of esters is 3. The SMILES string of the molecule is CC/C=C\C/C=C\C/C=C\C/C=C\C/C=C\CCCC(=O)OC(COC(=O)CCCCCCCCCCC/C=C\C/C=C\C/C=C\C/C=C\CCCCC)COP(=O)(O)OCC(O)COP(=O)(O)OCC(O)COC(=O)CCCCCCCCCCCCC/C=C\C/C=C\C/C=C\C/C=C\CCCCC. The highest BCUT2D eigenvalue weighted by Gasteiger charge is 2.29. The Bertz CT molecular complexity index is 2540. The van der Waals surface area contributed by atoms with Crippen molar-refractivity contribution < 1.29 is 75.8 Å². The van der Waals surface area contributed by atoms with Crippen LogP contribution in [0.5, 0.6) is 0 Å². The van der Waals surface area contributed by atoms with Gasteiger partial charge >= 0.3 is 33.6 Å². The average Bonchev–Trinajstić information content (AvgIpc) is 0.913. The Morgan fingerprint density at radius 2 is 0.514 bits per heavy atom. The Kier molecular flexibility index (Phi) is 75.1. The van der Waals surface area contributed by atoms with Crippen LogP contribution in [0.15, 0.2) is 158 Å². The van der Waals surface area contributed by atoms with Gasteiger partial charge in [-0.05, 0) is 148 Å². The van der Waals surface area contributed by atoms with E-state index in [9.17, 15) is 43.5 Å². The predicted octanol–water partition coefficient (Wildman–Crippen LogP) is 24.2. The minimum Gasteiger partial charge on any atom is -0.463 e. The van der Waals surface area contributed by atoms with Crippen LogP contribution < -0.4 is 0 Å². The molecule has 0 aliphatic rings. The van der Waals surface area contributed by atoms with Crippen LogP contribution in [0.4, 0.5) is 0 Å². The van der Waals surface area contributed by atoms with E-state index in [1.165, 1.54) is 122 Å². The molecular formula is C87H146O16P2. The number of phosphoric acid groups is 2. The zero-order valence-electron chi connectivity index (χ0n) is 65.6. The molecule has 4 N–H and O–H groups in total. The monoisotopic (exact) mass is 1510 g/mol. The molecule has 0 saturated carbocycles. The van der Waals surface area contributed by atoms with Crippen molar-refractivity contribution in [1.82, 2.24) is 0 Å². The summed E-state index contributed by atoms with van der Waals surface area (Å²) in [5, 5.41) is 20.7. The van der Waals surface area contributed by atoms with Crippen molar-refractivity contribution in [3.05, 3.63) is 158 Å². The van der Waals surface area contributed by atoms with Crippen LogP contribution >= 0.6 is 15.6 Å². The number of allylic oxidation sites excluding steroid dienone is 26. The van der Waals surface area contributed by atoms with E-state index < -0.39 is 91.5 Å². The molecule has 16 nitrogen and oxygen atoms in total. The fourth-order valence-corrected chi connectivity index (χ4v) is 12.1. The number of hydrogen-bond acceptors (Lipinski definition) is 14. The van der Waals surface area contributed by atoms with E-state index >= 15 is 0 Å². The molecule has 0 aromatic carbocycles. The van der Waals surface area contributed by atoms with Crippen LogP contribution in [-0.4, -0.2) is 95.9 Å². The molecule has 0 aliphatic heterocycles. The Morgan fingerprint density at radius 1 is 0.276 bits per heavy atom. The highest BCUT2D eigenvalue weighted by atomic mass is 31.2. The normalized spacial score (nSPS) is 14.8. The summed E-state index contributed by atoms with van der Waals surface area (Å²) in [5.74, 6) is -1.66. The third kappa shape index (κ3) is 80.0. The molecule has 0 aliphatic carbocycles. The fraction of sp³-hybridized carbons (Fsp3) is 0.667. The molecule has 0 radical (unpaired) electrons. The van der Waals surface area contributed by atoms with Crippen molar-refractivity contribution in [3.8, 4) is 0 Å². The minimum absolute atomic E-state index is 0.0200. The number of phosphoric ester groups is 2. The first-order valence-corrected chi connectivity index (χ1v) is 43.8. The molecule has 5 unspecified atom stereocenters. The van der Waals surface area contributed by atoms with Gasteiger partial charge in [-0.2, -0.15) is 0 Å². The summed E-state index contributed by atoms with van der Waals surface area (Å²) in [6, 6.07) is 0. The molecule has 0 heterocycles. The molecule has 0 aromatic rings. The fourth-order valence-electron chi connectivity index (χ4n) is 10.5.